The molecule has 0 spiro atoms. The normalized spacial score (nSPS) is 12.5. The average Bonchev–Trinajstić information content (AvgIpc) is 3.20. The number of carbonyl (C=O) groups excluding carboxylic acids is 2. The highest BCUT2D eigenvalue weighted by Gasteiger charge is 2.26. The summed E-state index contributed by atoms with van der Waals surface area (Å²) in [6.07, 6.45) is 0.866. The fourth-order valence-corrected chi connectivity index (χ4v) is 3.72. The van der Waals surface area contributed by atoms with Crippen molar-refractivity contribution in [2.24, 2.45) is 0 Å². The lowest BCUT2D eigenvalue weighted by Gasteiger charge is -2.17. The van der Waals surface area contributed by atoms with Gasteiger partial charge in [-0.2, -0.15) is 5.10 Å². The number of para-hydroxylation sites is 1. The van der Waals surface area contributed by atoms with Crippen molar-refractivity contribution >= 4 is 23.2 Å². The van der Waals surface area contributed by atoms with Gasteiger partial charge in [0, 0.05) is 30.4 Å². The van der Waals surface area contributed by atoms with E-state index in [0.717, 1.165) is 34.5 Å². The average molecular weight is 416 g/mol. The first-order chi connectivity index (χ1) is 14.9. The van der Waals surface area contributed by atoms with Gasteiger partial charge in [0.15, 0.2) is 0 Å². The molecule has 0 saturated carbocycles. The van der Waals surface area contributed by atoms with Crippen LogP contribution in [0.25, 0.3) is 0 Å². The predicted molar refractivity (Wildman–Crippen MR) is 119 cm³/mol. The van der Waals surface area contributed by atoms with Gasteiger partial charge in [-0.15, -0.1) is 0 Å². The Kier molecular flexibility index (Phi) is 5.66. The molecule has 158 valence electrons. The lowest BCUT2D eigenvalue weighted by molar-refractivity contribution is -0.116. The Labute approximate surface area is 180 Å². The van der Waals surface area contributed by atoms with Gasteiger partial charge in [-0.1, -0.05) is 30.3 Å². The number of aromatic nitrogens is 2. The van der Waals surface area contributed by atoms with E-state index in [1.807, 2.05) is 56.3 Å². The molecule has 1 aromatic heterocycles. The maximum absolute atomic E-state index is 13.0. The van der Waals surface area contributed by atoms with Gasteiger partial charge in [-0.3, -0.25) is 14.4 Å². The second-order valence-electron chi connectivity index (χ2n) is 7.66. The van der Waals surface area contributed by atoms with Crippen LogP contribution >= 0.6 is 0 Å². The molecular weight excluding hydrogens is 392 g/mol. The number of hydrogen-bond donors (Lipinski definition) is 1. The molecule has 1 aliphatic rings. The van der Waals surface area contributed by atoms with Crippen LogP contribution in [0.2, 0.25) is 0 Å². The summed E-state index contributed by atoms with van der Waals surface area (Å²) in [5.41, 5.74) is 4.67. The quantitative estimate of drug-likeness (QED) is 0.693. The van der Waals surface area contributed by atoms with E-state index >= 15 is 0 Å². The van der Waals surface area contributed by atoms with E-state index in [4.69, 9.17) is 0 Å². The first-order valence-corrected chi connectivity index (χ1v) is 10.3. The van der Waals surface area contributed by atoms with Crippen molar-refractivity contribution in [3.05, 3.63) is 87.3 Å². The molecule has 2 aromatic carbocycles. The number of carbonyl (C=O) groups is 2. The van der Waals surface area contributed by atoms with E-state index < -0.39 is 0 Å². The summed E-state index contributed by atoms with van der Waals surface area (Å²) in [6.45, 7) is 4.60. The summed E-state index contributed by atoms with van der Waals surface area (Å²) in [7, 11) is 0. The Balaban J connectivity index is 1.46. The Hall–Kier alpha value is -3.74. The monoisotopic (exact) mass is 416 g/mol. The molecule has 3 aromatic rings. The van der Waals surface area contributed by atoms with Crippen LogP contribution in [-0.2, 0) is 17.8 Å². The van der Waals surface area contributed by atoms with E-state index in [-0.39, 0.29) is 36.0 Å². The van der Waals surface area contributed by atoms with Gasteiger partial charge in [0.2, 0.25) is 5.91 Å². The fraction of sp³-hybridized carbons (Fsp3) is 0.250. The van der Waals surface area contributed by atoms with E-state index in [1.54, 1.807) is 4.90 Å². The minimum atomic E-state index is -0.349. The third kappa shape index (κ3) is 4.26. The molecule has 0 atom stereocenters. The number of nitrogens with one attached hydrogen (secondary N) is 1. The Bertz CT molecular complexity index is 1220. The van der Waals surface area contributed by atoms with Gasteiger partial charge >= 0.3 is 0 Å². The number of hydrogen-bond acceptors (Lipinski definition) is 4. The first-order valence-electron chi connectivity index (χ1n) is 10.3. The SMILES string of the molecule is Cc1cccc(NC(=O)CCn2nc(C(=O)N3CCc4ccccc43)ccc2=O)c1C. The first kappa shape index (κ1) is 20.5. The highest BCUT2D eigenvalue weighted by molar-refractivity contribution is 6.05. The maximum atomic E-state index is 13.0. The van der Waals surface area contributed by atoms with Crippen molar-refractivity contribution < 1.29 is 9.59 Å². The Morgan fingerprint density at radius 1 is 1.03 bits per heavy atom. The molecule has 0 radical (unpaired) electrons. The zero-order valence-corrected chi connectivity index (χ0v) is 17.6. The van der Waals surface area contributed by atoms with Crippen molar-refractivity contribution in [2.75, 3.05) is 16.8 Å². The summed E-state index contributed by atoms with van der Waals surface area (Å²) in [6, 6.07) is 16.2. The van der Waals surface area contributed by atoms with E-state index in [9.17, 15) is 14.4 Å². The highest BCUT2D eigenvalue weighted by atomic mass is 16.2. The number of nitrogens with zero attached hydrogens (tertiary/aromatic N) is 3. The fourth-order valence-electron chi connectivity index (χ4n) is 3.72. The minimum absolute atomic E-state index is 0.0739. The van der Waals surface area contributed by atoms with Gasteiger partial charge in [0.1, 0.15) is 5.69 Å². The Morgan fingerprint density at radius 2 is 1.84 bits per heavy atom. The van der Waals surface area contributed by atoms with Gasteiger partial charge < -0.3 is 10.2 Å². The van der Waals surface area contributed by atoms with Crippen LogP contribution in [-0.4, -0.2) is 28.1 Å². The number of benzene rings is 2. The molecular formula is C24H24N4O3. The zero-order valence-electron chi connectivity index (χ0n) is 17.6. The lowest BCUT2D eigenvalue weighted by Crippen LogP contribution is -2.33. The van der Waals surface area contributed by atoms with Gasteiger partial charge in [0.25, 0.3) is 11.5 Å². The molecule has 0 saturated heterocycles. The molecule has 2 amide bonds. The summed E-state index contributed by atoms with van der Waals surface area (Å²) < 4.78 is 1.18. The van der Waals surface area contributed by atoms with E-state index in [2.05, 4.69) is 10.4 Å². The molecule has 31 heavy (non-hydrogen) atoms. The summed E-state index contributed by atoms with van der Waals surface area (Å²) >= 11 is 0. The second kappa shape index (κ2) is 8.55. The minimum Gasteiger partial charge on any atom is -0.326 e. The van der Waals surface area contributed by atoms with Gasteiger partial charge in [0.05, 0.1) is 6.54 Å². The molecule has 0 bridgehead atoms. The third-order valence-electron chi connectivity index (χ3n) is 5.65. The zero-order chi connectivity index (χ0) is 22.0. The topological polar surface area (TPSA) is 84.3 Å². The highest BCUT2D eigenvalue weighted by Crippen LogP contribution is 2.28. The van der Waals surface area contributed by atoms with Crippen LogP contribution in [0.5, 0.6) is 0 Å². The molecule has 0 aliphatic carbocycles. The molecule has 7 heteroatoms. The van der Waals surface area contributed by atoms with Crippen LogP contribution in [0.4, 0.5) is 11.4 Å². The third-order valence-corrected chi connectivity index (χ3v) is 5.65. The van der Waals surface area contributed by atoms with Crippen LogP contribution in [0.1, 0.15) is 33.6 Å². The van der Waals surface area contributed by atoms with Crippen molar-refractivity contribution in [3.63, 3.8) is 0 Å². The van der Waals surface area contributed by atoms with Crippen LogP contribution in [0, 0.1) is 13.8 Å². The van der Waals surface area contributed by atoms with E-state index in [0.29, 0.717) is 6.54 Å². The summed E-state index contributed by atoms with van der Waals surface area (Å²) in [5.74, 6) is -0.467. The van der Waals surface area contributed by atoms with Crippen molar-refractivity contribution in [3.8, 4) is 0 Å². The molecule has 7 nitrogen and oxygen atoms in total. The molecule has 0 fully saturated rings. The standard InChI is InChI=1S/C24H24N4O3/c1-16-6-5-8-19(17(16)2)25-22(29)13-15-28-23(30)11-10-20(26-28)24(31)27-14-12-18-7-3-4-9-21(18)27/h3-11H,12-15H2,1-2H3,(H,25,29). The van der Waals surface area contributed by atoms with Crippen molar-refractivity contribution in [2.45, 2.75) is 33.2 Å². The number of anilines is 2. The maximum Gasteiger partial charge on any atom is 0.278 e. The van der Waals surface area contributed by atoms with E-state index in [1.165, 1.54) is 16.8 Å². The van der Waals surface area contributed by atoms with Crippen molar-refractivity contribution in [1.29, 1.82) is 0 Å². The van der Waals surface area contributed by atoms with Gasteiger partial charge in [-0.05, 0) is 55.2 Å². The number of fused-ring (bicyclic) bond motifs is 1. The smallest absolute Gasteiger partial charge is 0.278 e. The molecule has 1 aliphatic heterocycles. The van der Waals surface area contributed by atoms with Crippen LogP contribution in [0.15, 0.2) is 59.4 Å². The number of amides is 2. The second-order valence-corrected chi connectivity index (χ2v) is 7.66. The summed E-state index contributed by atoms with van der Waals surface area (Å²) in [5, 5.41) is 7.11. The van der Waals surface area contributed by atoms with Crippen LogP contribution in [0.3, 0.4) is 0 Å². The van der Waals surface area contributed by atoms with Gasteiger partial charge in [-0.25, -0.2) is 4.68 Å². The molecule has 1 N–H and O–H groups in total. The largest absolute Gasteiger partial charge is 0.326 e. The Morgan fingerprint density at radius 3 is 2.68 bits per heavy atom. The molecule has 4 rings (SSSR count). The molecule has 0 unspecified atom stereocenters. The summed E-state index contributed by atoms with van der Waals surface area (Å²) in [4.78, 5) is 39.3. The predicted octanol–water partition coefficient (Wildman–Crippen LogP) is 3.09. The molecule has 2 heterocycles. The lowest BCUT2D eigenvalue weighted by atomic mass is 10.1. The van der Waals surface area contributed by atoms with Crippen molar-refractivity contribution in [1.82, 2.24) is 9.78 Å². The number of rotatable bonds is 5. The van der Waals surface area contributed by atoms with Crippen LogP contribution < -0.4 is 15.8 Å². The number of aryl methyl sites for hydroxylation is 2.